The molecule has 1 aromatic carbocycles. The van der Waals surface area contributed by atoms with E-state index < -0.39 is 11.9 Å². The van der Waals surface area contributed by atoms with Crippen molar-refractivity contribution in [3.63, 3.8) is 0 Å². The van der Waals surface area contributed by atoms with E-state index in [4.69, 9.17) is 13.9 Å². The van der Waals surface area contributed by atoms with Gasteiger partial charge in [0.15, 0.2) is 17.1 Å². The van der Waals surface area contributed by atoms with Crippen LogP contribution < -0.4 is 10.1 Å². The molecule has 3 rings (SSSR count). The zero-order valence-electron chi connectivity index (χ0n) is 13.8. The maximum atomic E-state index is 12.5. The summed E-state index contributed by atoms with van der Waals surface area (Å²) >= 11 is 1.25. The number of ether oxygens (including phenoxy) is 2. The number of fused-ring (bicyclic) bond motifs is 1. The molecule has 0 radical (unpaired) electrons. The number of hydrogen-bond donors (Lipinski definition) is 1. The summed E-state index contributed by atoms with van der Waals surface area (Å²) in [4.78, 5) is 24.4. The molecule has 0 fully saturated rings. The maximum Gasteiger partial charge on any atom is 0.341 e. The van der Waals surface area contributed by atoms with Crippen LogP contribution in [0.5, 0.6) is 5.75 Å². The van der Waals surface area contributed by atoms with Gasteiger partial charge in [-0.2, -0.15) is 0 Å². The normalized spacial score (nSPS) is 10.6. The average molecular weight is 359 g/mol. The van der Waals surface area contributed by atoms with E-state index >= 15 is 0 Å². The molecular formula is C18H17NO5S. The van der Waals surface area contributed by atoms with Gasteiger partial charge in [0, 0.05) is 5.39 Å². The lowest BCUT2D eigenvalue weighted by molar-refractivity contribution is 0.0528. The van der Waals surface area contributed by atoms with Crippen LogP contribution in [0.25, 0.3) is 11.0 Å². The van der Waals surface area contributed by atoms with E-state index in [-0.39, 0.29) is 12.4 Å². The minimum atomic E-state index is -0.470. The van der Waals surface area contributed by atoms with Crippen LogP contribution in [-0.2, 0) is 4.74 Å². The fourth-order valence-corrected chi connectivity index (χ4v) is 3.13. The Morgan fingerprint density at radius 1 is 1.20 bits per heavy atom. The van der Waals surface area contributed by atoms with Gasteiger partial charge in [-0.15, -0.1) is 11.3 Å². The van der Waals surface area contributed by atoms with Crippen molar-refractivity contribution < 1.29 is 23.5 Å². The number of esters is 1. The van der Waals surface area contributed by atoms with Crippen molar-refractivity contribution in [1.29, 1.82) is 0 Å². The van der Waals surface area contributed by atoms with Crippen molar-refractivity contribution in [2.75, 3.05) is 18.5 Å². The molecule has 6 nitrogen and oxygen atoms in total. The van der Waals surface area contributed by atoms with Crippen LogP contribution in [0.4, 0.5) is 5.00 Å². The fourth-order valence-electron chi connectivity index (χ4n) is 2.36. The molecule has 3 aromatic rings. The summed E-state index contributed by atoms with van der Waals surface area (Å²) in [7, 11) is 0. The topological polar surface area (TPSA) is 77.8 Å². The van der Waals surface area contributed by atoms with Crippen molar-refractivity contribution in [3.8, 4) is 5.75 Å². The van der Waals surface area contributed by atoms with Crippen molar-refractivity contribution in [2.24, 2.45) is 0 Å². The van der Waals surface area contributed by atoms with Crippen LogP contribution in [0.2, 0.25) is 0 Å². The van der Waals surface area contributed by atoms with Gasteiger partial charge in [0.05, 0.1) is 18.8 Å². The number of benzene rings is 1. The molecule has 0 unspecified atom stereocenters. The number of carbonyl (C=O) groups is 2. The summed E-state index contributed by atoms with van der Waals surface area (Å²) in [5.74, 6) is -0.179. The van der Waals surface area contributed by atoms with Gasteiger partial charge in [-0.25, -0.2) is 4.79 Å². The molecule has 0 atom stereocenters. The zero-order valence-corrected chi connectivity index (χ0v) is 14.6. The van der Waals surface area contributed by atoms with Gasteiger partial charge < -0.3 is 19.2 Å². The number of rotatable bonds is 6. The number of anilines is 1. The Bertz CT molecular complexity index is 911. The van der Waals surface area contributed by atoms with Crippen LogP contribution >= 0.6 is 11.3 Å². The lowest BCUT2D eigenvalue weighted by atomic mass is 10.2. The highest BCUT2D eigenvalue weighted by Crippen LogP contribution is 2.30. The highest BCUT2D eigenvalue weighted by atomic mass is 32.1. The number of hydrogen-bond acceptors (Lipinski definition) is 6. The minimum absolute atomic E-state index is 0.144. The molecule has 25 heavy (non-hydrogen) atoms. The fraction of sp³-hybridized carbons (Fsp3) is 0.222. The third-order valence-electron chi connectivity index (χ3n) is 3.42. The molecule has 130 valence electrons. The smallest absolute Gasteiger partial charge is 0.341 e. The Labute approximate surface area is 148 Å². The molecule has 1 amide bonds. The Kier molecular flexibility index (Phi) is 5.04. The van der Waals surface area contributed by atoms with E-state index in [0.29, 0.717) is 28.5 Å². The molecule has 7 heteroatoms. The molecule has 0 spiro atoms. The van der Waals surface area contributed by atoms with Crippen molar-refractivity contribution >= 4 is 39.2 Å². The molecule has 0 saturated heterocycles. The van der Waals surface area contributed by atoms with E-state index in [9.17, 15) is 9.59 Å². The average Bonchev–Trinajstić information content (AvgIpc) is 3.22. The first-order valence-electron chi connectivity index (χ1n) is 7.85. The van der Waals surface area contributed by atoms with Gasteiger partial charge in [0.25, 0.3) is 5.91 Å². The van der Waals surface area contributed by atoms with Crippen molar-refractivity contribution in [2.45, 2.75) is 13.8 Å². The SMILES string of the molecule is CCOC(=O)c1ccsc1NC(=O)c1cc2cccc(OCC)c2o1. The highest BCUT2D eigenvalue weighted by Gasteiger charge is 2.19. The first kappa shape index (κ1) is 17.0. The highest BCUT2D eigenvalue weighted by molar-refractivity contribution is 7.14. The maximum absolute atomic E-state index is 12.5. The van der Waals surface area contributed by atoms with Crippen molar-refractivity contribution in [3.05, 3.63) is 47.0 Å². The van der Waals surface area contributed by atoms with Gasteiger partial charge in [0.2, 0.25) is 0 Å². The number of thiophene rings is 1. The minimum Gasteiger partial charge on any atom is -0.490 e. The van der Waals surface area contributed by atoms with Gasteiger partial charge in [-0.05, 0) is 37.4 Å². The lowest BCUT2D eigenvalue weighted by Crippen LogP contribution is -2.13. The molecule has 2 aromatic heterocycles. The van der Waals surface area contributed by atoms with Crippen molar-refractivity contribution in [1.82, 2.24) is 0 Å². The second-order valence-electron chi connectivity index (χ2n) is 5.06. The number of para-hydroxylation sites is 1. The molecule has 2 heterocycles. The van der Waals surface area contributed by atoms with E-state index in [1.165, 1.54) is 11.3 Å². The number of carbonyl (C=O) groups excluding carboxylic acids is 2. The molecule has 0 aliphatic carbocycles. The largest absolute Gasteiger partial charge is 0.490 e. The Balaban J connectivity index is 1.85. The molecule has 1 N–H and O–H groups in total. The number of amides is 1. The first-order chi connectivity index (χ1) is 12.1. The Hall–Kier alpha value is -2.80. The van der Waals surface area contributed by atoms with Crippen LogP contribution in [-0.4, -0.2) is 25.1 Å². The van der Waals surface area contributed by atoms with Crippen LogP contribution in [0.3, 0.4) is 0 Å². The standard InChI is InChI=1S/C18H17NO5S/c1-3-22-13-7-5-6-11-10-14(24-15(11)13)16(20)19-17-12(8-9-25-17)18(21)23-4-2/h5-10H,3-4H2,1-2H3,(H,19,20). The monoisotopic (exact) mass is 359 g/mol. The molecular weight excluding hydrogens is 342 g/mol. The van der Waals surface area contributed by atoms with Crippen LogP contribution in [0, 0.1) is 0 Å². The third kappa shape index (κ3) is 3.51. The third-order valence-corrected chi connectivity index (χ3v) is 4.25. The second-order valence-corrected chi connectivity index (χ2v) is 5.97. The predicted molar refractivity (Wildman–Crippen MR) is 95.6 cm³/mol. The molecule has 0 bridgehead atoms. The molecule has 0 aliphatic rings. The molecule has 0 aliphatic heterocycles. The predicted octanol–water partition coefficient (Wildman–Crippen LogP) is 4.32. The van der Waals surface area contributed by atoms with Gasteiger partial charge in [-0.3, -0.25) is 4.79 Å². The Morgan fingerprint density at radius 2 is 2.04 bits per heavy atom. The van der Waals surface area contributed by atoms with E-state index in [0.717, 1.165) is 5.39 Å². The van der Waals surface area contributed by atoms with E-state index in [1.54, 1.807) is 30.5 Å². The lowest BCUT2D eigenvalue weighted by Gasteiger charge is -2.04. The van der Waals surface area contributed by atoms with Gasteiger partial charge in [-0.1, -0.05) is 12.1 Å². The second kappa shape index (κ2) is 7.40. The Morgan fingerprint density at radius 3 is 2.80 bits per heavy atom. The zero-order chi connectivity index (χ0) is 17.8. The summed E-state index contributed by atoms with van der Waals surface area (Å²) in [6.45, 7) is 4.38. The summed E-state index contributed by atoms with van der Waals surface area (Å²) in [6.07, 6.45) is 0. The van der Waals surface area contributed by atoms with E-state index in [1.807, 2.05) is 19.1 Å². The van der Waals surface area contributed by atoms with Gasteiger partial charge >= 0.3 is 5.97 Å². The first-order valence-corrected chi connectivity index (χ1v) is 8.73. The quantitative estimate of drug-likeness (QED) is 0.663. The number of nitrogens with one attached hydrogen (secondary N) is 1. The summed E-state index contributed by atoms with van der Waals surface area (Å²) < 4.78 is 16.2. The van der Waals surface area contributed by atoms with Crippen LogP contribution in [0.15, 0.2) is 40.1 Å². The summed E-state index contributed by atoms with van der Waals surface area (Å²) in [5.41, 5.74) is 0.845. The summed E-state index contributed by atoms with van der Waals surface area (Å²) in [6, 6.07) is 8.72. The molecule has 0 saturated carbocycles. The summed E-state index contributed by atoms with van der Waals surface area (Å²) in [5, 5.41) is 5.61. The van der Waals surface area contributed by atoms with Gasteiger partial charge in [0.1, 0.15) is 5.00 Å². The van der Waals surface area contributed by atoms with Crippen LogP contribution in [0.1, 0.15) is 34.8 Å². The van der Waals surface area contributed by atoms with E-state index in [2.05, 4.69) is 5.32 Å². The number of furan rings is 1.